The van der Waals surface area contributed by atoms with Crippen LogP contribution >= 0.6 is 11.3 Å². The Hall–Kier alpha value is -2.59. The van der Waals surface area contributed by atoms with E-state index in [-0.39, 0.29) is 23.4 Å². The summed E-state index contributed by atoms with van der Waals surface area (Å²) in [5.74, 6) is 0.812. The fourth-order valence-corrected chi connectivity index (χ4v) is 6.84. The minimum absolute atomic E-state index is 0.00130. The lowest BCUT2D eigenvalue weighted by atomic mass is 9.93. The van der Waals surface area contributed by atoms with E-state index in [9.17, 15) is 9.59 Å². The largest absolute Gasteiger partial charge is 0.340 e. The lowest BCUT2D eigenvalue weighted by molar-refractivity contribution is -0.137. The number of hydrogen-bond acceptors (Lipinski definition) is 7. The molecule has 2 saturated heterocycles. The van der Waals surface area contributed by atoms with E-state index in [2.05, 4.69) is 32.9 Å². The highest BCUT2D eigenvalue weighted by Crippen LogP contribution is 2.33. The van der Waals surface area contributed by atoms with Crippen molar-refractivity contribution in [3.63, 3.8) is 0 Å². The summed E-state index contributed by atoms with van der Waals surface area (Å²) in [4.78, 5) is 40.5. The molecule has 9 heteroatoms. The molecular weight excluding hydrogens is 448 g/mol. The molecule has 1 aromatic carbocycles. The molecule has 34 heavy (non-hydrogen) atoms. The third-order valence-electron chi connectivity index (χ3n) is 7.39. The van der Waals surface area contributed by atoms with Crippen molar-refractivity contribution < 1.29 is 4.79 Å². The number of H-pyrrole nitrogens is 1. The number of aromatic amines is 1. The second-order valence-electron chi connectivity index (χ2n) is 9.53. The lowest BCUT2D eigenvalue weighted by Crippen LogP contribution is -2.51. The van der Waals surface area contributed by atoms with Crippen LogP contribution in [-0.4, -0.2) is 58.4 Å². The van der Waals surface area contributed by atoms with Crippen LogP contribution in [0.4, 0.5) is 0 Å². The Morgan fingerprint density at radius 1 is 1.09 bits per heavy atom. The molecule has 0 bridgehead atoms. The molecule has 4 heterocycles. The number of aryl methyl sites for hydroxylation is 2. The maximum Gasteiger partial charge on any atom is 0.259 e. The van der Waals surface area contributed by atoms with Gasteiger partial charge in [0.2, 0.25) is 5.91 Å². The molecule has 8 nitrogen and oxygen atoms in total. The number of hydrogen-bond donors (Lipinski definition) is 3. The number of nitrogens with zero attached hydrogens (tertiary/aromatic N) is 3. The Bertz CT molecular complexity index is 1250. The number of benzene rings is 1. The van der Waals surface area contributed by atoms with Gasteiger partial charge in [-0.25, -0.2) is 10.4 Å². The zero-order chi connectivity index (χ0) is 23.1. The normalized spacial score (nSPS) is 23.4. The zero-order valence-electron chi connectivity index (χ0n) is 19.2. The fourth-order valence-electron chi connectivity index (χ4n) is 5.56. The van der Waals surface area contributed by atoms with Gasteiger partial charge in [0.1, 0.15) is 10.7 Å². The van der Waals surface area contributed by atoms with Crippen molar-refractivity contribution in [2.45, 2.75) is 38.3 Å². The number of carbonyl (C=O) groups excluding carboxylic acids is 1. The van der Waals surface area contributed by atoms with Crippen molar-refractivity contribution in [2.75, 3.05) is 32.7 Å². The molecule has 2 aliphatic heterocycles. The van der Waals surface area contributed by atoms with Crippen LogP contribution in [0.5, 0.6) is 0 Å². The van der Waals surface area contributed by atoms with Gasteiger partial charge in [0.15, 0.2) is 0 Å². The molecule has 2 aromatic heterocycles. The first-order chi connectivity index (χ1) is 16.7. The fraction of sp³-hybridized carbons (Fsp3) is 0.480. The quantitative estimate of drug-likeness (QED) is 0.531. The van der Waals surface area contributed by atoms with Crippen molar-refractivity contribution in [3.8, 4) is 0 Å². The maximum atomic E-state index is 13.3. The summed E-state index contributed by atoms with van der Waals surface area (Å²) in [5.41, 5.74) is 8.80. The molecule has 1 amide bonds. The highest BCUT2D eigenvalue weighted by molar-refractivity contribution is 7.18. The highest BCUT2D eigenvalue weighted by Gasteiger charge is 2.37. The number of piperazine rings is 1. The standard InChI is InChI=1S/C25H30N6O2S/c32-23-21-17-8-4-5-9-19(17)34-24(21)28-20(27-23)15-30-10-12-31(13-11-30)25(33)18-14-26-29-22(18)16-6-2-1-3-7-16/h1-3,6-7,18,22,26,29H,4-5,8-15H2,(H,27,28,32). The molecule has 3 N–H and O–H groups in total. The Morgan fingerprint density at radius 2 is 1.88 bits per heavy atom. The summed E-state index contributed by atoms with van der Waals surface area (Å²) in [6.07, 6.45) is 4.42. The van der Waals surface area contributed by atoms with Gasteiger partial charge in [-0.1, -0.05) is 30.3 Å². The van der Waals surface area contributed by atoms with Crippen LogP contribution in [-0.2, 0) is 24.2 Å². The number of thiophene rings is 1. The topological polar surface area (TPSA) is 93.4 Å². The molecule has 2 atom stereocenters. The van der Waals surface area contributed by atoms with Gasteiger partial charge in [0.25, 0.3) is 5.56 Å². The molecular formula is C25H30N6O2S. The number of hydrazine groups is 1. The van der Waals surface area contributed by atoms with Crippen LogP contribution in [0.3, 0.4) is 0 Å². The third-order valence-corrected chi connectivity index (χ3v) is 8.57. The summed E-state index contributed by atoms with van der Waals surface area (Å²) in [6, 6.07) is 10.1. The molecule has 3 aromatic rings. The first-order valence-corrected chi connectivity index (χ1v) is 13.1. The second-order valence-corrected chi connectivity index (χ2v) is 10.6. The smallest absolute Gasteiger partial charge is 0.259 e. The minimum Gasteiger partial charge on any atom is -0.340 e. The molecule has 3 aliphatic rings. The van der Waals surface area contributed by atoms with Crippen LogP contribution in [0, 0.1) is 5.92 Å². The summed E-state index contributed by atoms with van der Waals surface area (Å²) in [6.45, 7) is 4.17. The number of rotatable bonds is 4. The molecule has 2 unspecified atom stereocenters. The first-order valence-electron chi connectivity index (χ1n) is 12.3. The molecule has 1 aliphatic carbocycles. The van der Waals surface area contributed by atoms with Crippen molar-refractivity contribution in [2.24, 2.45) is 5.92 Å². The molecule has 178 valence electrons. The molecule has 2 fully saturated rings. The van der Waals surface area contributed by atoms with Crippen LogP contribution in [0.2, 0.25) is 0 Å². The predicted molar refractivity (Wildman–Crippen MR) is 133 cm³/mol. The highest BCUT2D eigenvalue weighted by atomic mass is 32.1. The molecule has 0 radical (unpaired) electrons. The van der Waals surface area contributed by atoms with E-state index >= 15 is 0 Å². The van der Waals surface area contributed by atoms with Gasteiger partial charge in [-0.05, 0) is 36.8 Å². The number of fused-ring (bicyclic) bond motifs is 3. The average Bonchev–Trinajstić information content (AvgIpc) is 3.50. The average molecular weight is 479 g/mol. The van der Waals surface area contributed by atoms with Gasteiger partial charge in [-0.15, -0.1) is 11.3 Å². The second kappa shape index (κ2) is 9.22. The number of amides is 1. The van der Waals surface area contributed by atoms with Crippen molar-refractivity contribution in [1.82, 2.24) is 30.6 Å². The maximum absolute atomic E-state index is 13.3. The van der Waals surface area contributed by atoms with E-state index < -0.39 is 0 Å². The van der Waals surface area contributed by atoms with E-state index in [4.69, 9.17) is 4.98 Å². The number of carbonyl (C=O) groups is 1. The minimum atomic E-state index is -0.112. The van der Waals surface area contributed by atoms with Gasteiger partial charge >= 0.3 is 0 Å². The van der Waals surface area contributed by atoms with E-state index in [1.807, 2.05) is 23.1 Å². The van der Waals surface area contributed by atoms with Crippen LogP contribution in [0.1, 0.15) is 40.7 Å². The van der Waals surface area contributed by atoms with Crippen LogP contribution < -0.4 is 16.4 Å². The van der Waals surface area contributed by atoms with Gasteiger partial charge in [-0.3, -0.25) is 19.9 Å². The zero-order valence-corrected chi connectivity index (χ0v) is 20.0. The summed E-state index contributed by atoms with van der Waals surface area (Å²) in [5, 5.41) is 0.811. The van der Waals surface area contributed by atoms with E-state index in [0.29, 0.717) is 26.2 Å². The third kappa shape index (κ3) is 4.07. The number of nitrogens with one attached hydrogen (secondary N) is 3. The summed E-state index contributed by atoms with van der Waals surface area (Å²) in [7, 11) is 0. The lowest BCUT2D eigenvalue weighted by Gasteiger charge is -2.36. The van der Waals surface area contributed by atoms with Gasteiger partial charge < -0.3 is 9.88 Å². The Balaban J connectivity index is 1.10. The van der Waals surface area contributed by atoms with Gasteiger partial charge in [0, 0.05) is 37.6 Å². The monoisotopic (exact) mass is 478 g/mol. The predicted octanol–water partition coefficient (Wildman–Crippen LogP) is 1.97. The van der Waals surface area contributed by atoms with Crippen molar-refractivity contribution >= 4 is 27.5 Å². The number of aromatic nitrogens is 2. The van der Waals surface area contributed by atoms with Gasteiger partial charge in [0.05, 0.1) is 23.9 Å². The van der Waals surface area contributed by atoms with Crippen LogP contribution in [0.25, 0.3) is 10.2 Å². The van der Waals surface area contributed by atoms with Crippen molar-refractivity contribution in [1.29, 1.82) is 0 Å². The summed E-state index contributed by atoms with van der Waals surface area (Å²) >= 11 is 1.69. The molecule has 6 rings (SSSR count). The Kier molecular flexibility index (Phi) is 5.94. The molecule has 0 spiro atoms. The van der Waals surface area contributed by atoms with Crippen LogP contribution in [0.15, 0.2) is 35.1 Å². The van der Waals surface area contributed by atoms with Gasteiger partial charge in [-0.2, -0.15) is 0 Å². The summed E-state index contributed by atoms with van der Waals surface area (Å²) < 4.78 is 0. The Labute approximate surface area is 202 Å². The van der Waals surface area contributed by atoms with Crippen molar-refractivity contribution in [3.05, 3.63) is 62.5 Å². The van der Waals surface area contributed by atoms with E-state index in [1.54, 1.807) is 11.3 Å². The Morgan fingerprint density at radius 3 is 2.71 bits per heavy atom. The first kappa shape index (κ1) is 21.9. The van der Waals surface area contributed by atoms with E-state index in [1.165, 1.54) is 16.9 Å². The van der Waals surface area contributed by atoms with E-state index in [0.717, 1.165) is 54.0 Å². The molecule has 0 saturated carbocycles. The SMILES string of the molecule is O=C(C1CNNC1c1ccccc1)N1CCN(Cc2nc3sc4c(c3c(=O)[nH]2)CCCC4)CC1.